The van der Waals surface area contributed by atoms with Gasteiger partial charge >= 0.3 is 0 Å². The fraction of sp³-hybridized carbons (Fsp3) is 0.381. The van der Waals surface area contributed by atoms with Crippen molar-refractivity contribution in [3.63, 3.8) is 0 Å². The Morgan fingerprint density at radius 3 is 2.26 bits per heavy atom. The Bertz CT molecular complexity index is 775. The van der Waals surface area contributed by atoms with Gasteiger partial charge in [-0.05, 0) is 37.1 Å². The van der Waals surface area contributed by atoms with Crippen LogP contribution in [-0.4, -0.2) is 33.3 Å². The average Bonchev–Trinajstić information content (AvgIpc) is 2.70. The molecule has 0 aliphatic heterocycles. The van der Waals surface area contributed by atoms with E-state index in [9.17, 15) is 4.79 Å². The Labute approximate surface area is 160 Å². The number of rotatable bonds is 9. The maximum absolute atomic E-state index is 12.6. The van der Waals surface area contributed by atoms with E-state index in [-0.39, 0.29) is 12.5 Å². The van der Waals surface area contributed by atoms with Gasteiger partial charge in [0.25, 0.3) is 5.91 Å². The van der Waals surface area contributed by atoms with E-state index < -0.39 is 6.10 Å². The van der Waals surface area contributed by atoms with Crippen LogP contribution in [-0.2, 0) is 11.3 Å². The molecule has 0 heterocycles. The van der Waals surface area contributed by atoms with Gasteiger partial charge in [0.05, 0.1) is 21.3 Å². The number of hydrogen-bond donors (Lipinski definition) is 1. The first-order valence-electron chi connectivity index (χ1n) is 8.83. The summed E-state index contributed by atoms with van der Waals surface area (Å²) in [6.45, 7) is 4.16. The molecular weight excluding hydrogens is 346 g/mol. The third-order valence-corrected chi connectivity index (χ3v) is 4.26. The average molecular weight is 373 g/mol. The second-order valence-electron chi connectivity index (χ2n) is 5.99. The highest BCUT2D eigenvalue weighted by atomic mass is 16.5. The quantitative estimate of drug-likeness (QED) is 0.729. The molecule has 0 aliphatic carbocycles. The van der Waals surface area contributed by atoms with Crippen LogP contribution in [0.15, 0.2) is 36.4 Å². The number of methoxy groups -OCH3 is 3. The predicted octanol–water partition coefficient (Wildman–Crippen LogP) is 3.49. The van der Waals surface area contributed by atoms with Crippen LogP contribution >= 0.6 is 0 Å². The minimum Gasteiger partial charge on any atom is -0.493 e. The smallest absolute Gasteiger partial charge is 0.261 e. The molecule has 2 rings (SSSR count). The summed E-state index contributed by atoms with van der Waals surface area (Å²) in [5.74, 6) is 2.12. The van der Waals surface area contributed by atoms with Crippen LogP contribution in [0.5, 0.6) is 23.0 Å². The first-order chi connectivity index (χ1) is 13.0. The molecule has 2 aromatic rings. The Kier molecular flexibility index (Phi) is 7.34. The molecule has 1 N–H and O–H groups in total. The van der Waals surface area contributed by atoms with Crippen molar-refractivity contribution in [3.8, 4) is 23.0 Å². The monoisotopic (exact) mass is 373 g/mol. The lowest BCUT2D eigenvalue weighted by atomic mass is 10.1. The minimum absolute atomic E-state index is 0.183. The summed E-state index contributed by atoms with van der Waals surface area (Å²) in [5, 5.41) is 2.91. The molecule has 1 atom stereocenters. The maximum atomic E-state index is 12.6. The van der Waals surface area contributed by atoms with Gasteiger partial charge in [0.1, 0.15) is 5.75 Å². The van der Waals surface area contributed by atoms with Crippen LogP contribution in [0.1, 0.15) is 24.5 Å². The summed E-state index contributed by atoms with van der Waals surface area (Å²) in [4.78, 5) is 12.6. The van der Waals surface area contributed by atoms with E-state index in [1.54, 1.807) is 27.4 Å². The fourth-order valence-corrected chi connectivity index (χ4v) is 2.76. The molecule has 1 amide bonds. The Balaban J connectivity index is 2.10. The van der Waals surface area contributed by atoms with Gasteiger partial charge in [0, 0.05) is 12.1 Å². The normalized spacial score (nSPS) is 11.4. The first kappa shape index (κ1) is 20.4. The van der Waals surface area contributed by atoms with E-state index in [2.05, 4.69) is 5.32 Å². The van der Waals surface area contributed by atoms with Crippen molar-refractivity contribution in [2.24, 2.45) is 0 Å². The molecular formula is C21H27NO5. The summed E-state index contributed by atoms with van der Waals surface area (Å²) in [6.07, 6.45) is -0.0132. The lowest BCUT2D eigenvalue weighted by molar-refractivity contribution is -0.128. The number of ether oxygens (including phenoxy) is 4. The lowest BCUT2D eigenvalue weighted by Gasteiger charge is -2.20. The van der Waals surface area contributed by atoms with Crippen molar-refractivity contribution in [1.29, 1.82) is 0 Å². The summed E-state index contributed by atoms with van der Waals surface area (Å²) >= 11 is 0. The van der Waals surface area contributed by atoms with Crippen LogP contribution in [0, 0.1) is 6.92 Å². The van der Waals surface area contributed by atoms with Gasteiger partial charge in [0.2, 0.25) is 5.75 Å². The predicted molar refractivity (Wildman–Crippen MR) is 104 cm³/mol. The van der Waals surface area contributed by atoms with Gasteiger partial charge in [-0.2, -0.15) is 0 Å². The number of carbonyl (C=O) groups excluding carboxylic acids is 1. The molecule has 146 valence electrons. The molecule has 6 heteroatoms. The van der Waals surface area contributed by atoms with Crippen LogP contribution in [0.3, 0.4) is 0 Å². The zero-order valence-corrected chi connectivity index (χ0v) is 16.5. The highest BCUT2D eigenvalue weighted by Gasteiger charge is 2.21. The molecule has 6 nitrogen and oxygen atoms in total. The summed E-state index contributed by atoms with van der Waals surface area (Å²) in [5.41, 5.74) is 1.78. The molecule has 0 bridgehead atoms. The van der Waals surface area contributed by atoms with Crippen molar-refractivity contribution in [3.05, 3.63) is 47.5 Å². The van der Waals surface area contributed by atoms with E-state index in [4.69, 9.17) is 18.9 Å². The van der Waals surface area contributed by atoms with E-state index in [1.165, 1.54) is 0 Å². The first-order valence-corrected chi connectivity index (χ1v) is 8.83. The molecule has 0 aliphatic rings. The largest absolute Gasteiger partial charge is 0.493 e. The summed E-state index contributed by atoms with van der Waals surface area (Å²) in [6, 6.07) is 11.3. The second-order valence-corrected chi connectivity index (χ2v) is 5.99. The third-order valence-electron chi connectivity index (χ3n) is 4.26. The van der Waals surface area contributed by atoms with Gasteiger partial charge in [0.15, 0.2) is 17.6 Å². The van der Waals surface area contributed by atoms with Gasteiger partial charge in [-0.3, -0.25) is 4.79 Å². The molecule has 0 radical (unpaired) electrons. The van der Waals surface area contributed by atoms with Gasteiger partial charge in [-0.25, -0.2) is 0 Å². The number of hydrogen-bond acceptors (Lipinski definition) is 5. The third kappa shape index (κ3) is 4.84. The van der Waals surface area contributed by atoms with Crippen LogP contribution in [0.25, 0.3) is 0 Å². The van der Waals surface area contributed by atoms with Gasteiger partial charge in [-0.1, -0.05) is 25.1 Å². The number of aryl methyl sites for hydroxylation is 1. The molecule has 0 saturated heterocycles. The lowest BCUT2D eigenvalue weighted by Crippen LogP contribution is -2.37. The van der Waals surface area contributed by atoms with Gasteiger partial charge < -0.3 is 24.3 Å². The highest BCUT2D eigenvalue weighted by molar-refractivity contribution is 5.81. The molecule has 0 unspecified atom stereocenters. The number of amides is 1. The number of benzene rings is 2. The van der Waals surface area contributed by atoms with Crippen molar-refractivity contribution >= 4 is 5.91 Å². The van der Waals surface area contributed by atoms with Crippen molar-refractivity contribution in [2.45, 2.75) is 32.9 Å². The number of para-hydroxylation sites is 1. The zero-order valence-electron chi connectivity index (χ0n) is 16.5. The summed E-state index contributed by atoms with van der Waals surface area (Å²) < 4.78 is 22.0. The Morgan fingerprint density at radius 2 is 1.67 bits per heavy atom. The maximum Gasteiger partial charge on any atom is 0.261 e. The molecule has 2 aromatic carbocycles. The molecule has 0 fully saturated rings. The van der Waals surface area contributed by atoms with Crippen molar-refractivity contribution < 1.29 is 23.7 Å². The molecule has 0 aromatic heterocycles. The fourth-order valence-electron chi connectivity index (χ4n) is 2.76. The zero-order chi connectivity index (χ0) is 19.8. The Morgan fingerprint density at radius 1 is 0.963 bits per heavy atom. The van der Waals surface area contributed by atoms with E-state index in [0.717, 1.165) is 11.1 Å². The van der Waals surface area contributed by atoms with Crippen LogP contribution in [0.4, 0.5) is 0 Å². The van der Waals surface area contributed by atoms with Crippen molar-refractivity contribution in [1.82, 2.24) is 5.32 Å². The van der Waals surface area contributed by atoms with Crippen LogP contribution in [0.2, 0.25) is 0 Å². The summed E-state index contributed by atoms with van der Waals surface area (Å²) in [7, 11) is 4.66. The number of nitrogens with one attached hydrogen (secondary N) is 1. The number of carbonyl (C=O) groups is 1. The SMILES string of the molecule is CC[C@@H](Oc1ccccc1C)C(=O)NCc1ccc(OC)c(OC)c1OC. The van der Waals surface area contributed by atoms with E-state index in [0.29, 0.717) is 29.4 Å². The molecule has 27 heavy (non-hydrogen) atoms. The molecule has 0 saturated carbocycles. The van der Waals surface area contributed by atoms with Crippen LogP contribution < -0.4 is 24.3 Å². The van der Waals surface area contributed by atoms with E-state index >= 15 is 0 Å². The van der Waals surface area contributed by atoms with E-state index in [1.807, 2.05) is 44.2 Å². The highest BCUT2D eigenvalue weighted by Crippen LogP contribution is 2.39. The van der Waals surface area contributed by atoms with Crippen molar-refractivity contribution in [2.75, 3.05) is 21.3 Å². The topological polar surface area (TPSA) is 66.0 Å². The Hall–Kier alpha value is -2.89. The second kappa shape index (κ2) is 9.71. The molecule has 0 spiro atoms. The van der Waals surface area contributed by atoms with Gasteiger partial charge in [-0.15, -0.1) is 0 Å². The standard InChI is InChI=1S/C21H27NO5/c1-6-16(27-17-10-8-7-9-14(17)2)21(23)22-13-15-11-12-18(24-3)20(26-5)19(15)25-4/h7-12,16H,6,13H2,1-5H3,(H,22,23)/t16-/m1/s1. The minimum atomic E-state index is -0.572.